The van der Waals surface area contributed by atoms with Crippen molar-refractivity contribution < 1.29 is 14.7 Å². The van der Waals surface area contributed by atoms with Crippen molar-refractivity contribution >= 4 is 29.3 Å². The normalized spacial score (nSPS) is 9.76. The highest BCUT2D eigenvalue weighted by Gasteiger charge is 2.11. The molecule has 0 saturated heterocycles. The van der Waals surface area contributed by atoms with Crippen molar-refractivity contribution in [2.75, 3.05) is 18.9 Å². The molecule has 0 atom stereocenters. The van der Waals surface area contributed by atoms with Gasteiger partial charge in [-0.2, -0.15) is 0 Å². The lowest BCUT2D eigenvalue weighted by Gasteiger charge is -2.08. The van der Waals surface area contributed by atoms with Gasteiger partial charge in [0.1, 0.15) is 16.5 Å². The second-order valence-corrected chi connectivity index (χ2v) is 3.57. The van der Waals surface area contributed by atoms with Crippen LogP contribution in [0.2, 0.25) is 5.15 Å². The number of aromatic nitrogens is 1. The average molecular weight is 258 g/mol. The fraction of sp³-hybridized carbons (Fsp3) is 0.300. The summed E-state index contributed by atoms with van der Waals surface area (Å²) in [6.07, 6.45) is 0.226. The number of hydrogen-bond acceptors (Lipinski definition) is 4. The van der Waals surface area contributed by atoms with E-state index in [9.17, 15) is 9.59 Å². The number of pyridine rings is 1. The van der Waals surface area contributed by atoms with Crippen LogP contribution in [-0.4, -0.2) is 35.6 Å². The van der Waals surface area contributed by atoms with Crippen molar-refractivity contribution in [1.82, 2.24) is 10.3 Å². The fourth-order valence-electron chi connectivity index (χ4n) is 1.16. The fourth-order valence-corrected chi connectivity index (χ4v) is 1.31. The van der Waals surface area contributed by atoms with Gasteiger partial charge in [0.15, 0.2) is 0 Å². The number of aromatic carboxylic acids is 1. The van der Waals surface area contributed by atoms with Gasteiger partial charge in [-0.25, -0.2) is 9.78 Å². The third-order valence-corrected chi connectivity index (χ3v) is 2.23. The molecule has 0 aliphatic carbocycles. The van der Waals surface area contributed by atoms with Gasteiger partial charge >= 0.3 is 5.97 Å². The summed E-state index contributed by atoms with van der Waals surface area (Å²) in [7, 11) is 1.53. The number of halogens is 1. The van der Waals surface area contributed by atoms with E-state index < -0.39 is 5.97 Å². The predicted octanol–water partition coefficient (Wildman–Crippen LogP) is 0.981. The quantitative estimate of drug-likeness (QED) is 0.684. The first-order valence-electron chi connectivity index (χ1n) is 4.89. The lowest BCUT2D eigenvalue weighted by Crippen LogP contribution is -2.21. The minimum absolute atomic E-state index is 0.0197. The molecular formula is C10H12ClN3O3. The summed E-state index contributed by atoms with van der Waals surface area (Å²) in [4.78, 5) is 25.7. The van der Waals surface area contributed by atoms with E-state index in [1.807, 2.05) is 0 Å². The molecular weight excluding hydrogens is 246 g/mol. The molecule has 0 aliphatic rings. The summed E-state index contributed by atoms with van der Waals surface area (Å²) in [5.41, 5.74) is 0.0197. The van der Waals surface area contributed by atoms with Gasteiger partial charge in [-0.05, 0) is 12.1 Å². The van der Waals surface area contributed by atoms with Crippen LogP contribution in [0.1, 0.15) is 16.8 Å². The lowest BCUT2D eigenvalue weighted by atomic mass is 10.2. The van der Waals surface area contributed by atoms with Crippen LogP contribution in [-0.2, 0) is 4.79 Å². The van der Waals surface area contributed by atoms with E-state index in [-0.39, 0.29) is 35.4 Å². The number of nitrogens with zero attached hydrogens (tertiary/aromatic N) is 1. The summed E-state index contributed by atoms with van der Waals surface area (Å²) in [5, 5.41) is 14.3. The molecule has 0 saturated carbocycles. The van der Waals surface area contributed by atoms with Gasteiger partial charge in [0.2, 0.25) is 5.91 Å². The second kappa shape index (κ2) is 6.05. The second-order valence-electron chi connectivity index (χ2n) is 3.19. The first kappa shape index (κ1) is 13.2. The molecule has 0 bridgehead atoms. The van der Waals surface area contributed by atoms with Crippen LogP contribution < -0.4 is 10.6 Å². The summed E-state index contributed by atoms with van der Waals surface area (Å²) in [6, 6.07) is 2.76. The van der Waals surface area contributed by atoms with Crippen molar-refractivity contribution in [1.29, 1.82) is 0 Å². The van der Waals surface area contributed by atoms with E-state index in [4.69, 9.17) is 16.7 Å². The van der Waals surface area contributed by atoms with Gasteiger partial charge in [0.25, 0.3) is 0 Å². The minimum Gasteiger partial charge on any atom is -0.478 e. The number of nitrogens with one attached hydrogen (secondary N) is 2. The van der Waals surface area contributed by atoms with E-state index >= 15 is 0 Å². The zero-order valence-electron chi connectivity index (χ0n) is 9.16. The van der Waals surface area contributed by atoms with Crippen LogP contribution in [0.4, 0.5) is 5.82 Å². The van der Waals surface area contributed by atoms with Gasteiger partial charge < -0.3 is 15.7 Å². The molecule has 7 heteroatoms. The molecule has 0 aromatic carbocycles. The maximum Gasteiger partial charge on any atom is 0.339 e. The van der Waals surface area contributed by atoms with Gasteiger partial charge in [-0.15, -0.1) is 0 Å². The monoisotopic (exact) mass is 257 g/mol. The Bertz CT molecular complexity index is 437. The molecule has 1 heterocycles. The van der Waals surface area contributed by atoms with Crippen molar-refractivity contribution in [3.63, 3.8) is 0 Å². The van der Waals surface area contributed by atoms with E-state index in [0.29, 0.717) is 0 Å². The van der Waals surface area contributed by atoms with Crippen LogP contribution in [0.3, 0.4) is 0 Å². The first-order chi connectivity index (χ1) is 8.04. The third-order valence-electron chi connectivity index (χ3n) is 2.02. The molecule has 1 amide bonds. The maximum absolute atomic E-state index is 11.0. The Kier molecular flexibility index (Phi) is 4.71. The van der Waals surface area contributed by atoms with Crippen LogP contribution in [0, 0.1) is 0 Å². The summed E-state index contributed by atoms with van der Waals surface area (Å²) in [5.74, 6) is -1.08. The molecule has 0 spiro atoms. The molecule has 0 unspecified atom stereocenters. The Morgan fingerprint density at radius 2 is 2.18 bits per heavy atom. The number of carboxylic acid groups (broad SMARTS) is 1. The van der Waals surface area contributed by atoms with E-state index in [2.05, 4.69) is 15.6 Å². The lowest BCUT2D eigenvalue weighted by molar-refractivity contribution is -0.120. The van der Waals surface area contributed by atoms with Crippen molar-refractivity contribution in [3.8, 4) is 0 Å². The van der Waals surface area contributed by atoms with Crippen LogP contribution in [0.5, 0.6) is 0 Å². The van der Waals surface area contributed by atoms with Crippen LogP contribution in [0.25, 0.3) is 0 Å². The highest BCUT2D eigenvalue weighted by molar-refractivity contribution is 6.29. The Labute approximate surface area is 103 Å². The molecule has 92 valence electrons. The summed E-state index contributed by atoms with van der Waals surface area (Å²) < 4.78 is 0. The van der Waals surface area contributed by atoms with E-state index in [1.54, 1.807) is 0 Å². The number of rotatable bonds is 5. The average Bonchev–Trinajstić information content (AvgIpc) is 2.28. The highest BCUT2D eigenvalue weighted by atomic mass is 35.5. The standard InChI is InChI=1S/C10H12ClN3O3/c1-12-8(15)4-5-13-9-6(10(16)17)2-3-7(11)14-9/h2-3H,4-5H2,1H3,(H,12,15)(H,13,14)(H,16,17). The van der Waals surface area contributed by atoms with Crippen LogP contribution >= 0.6 is 11.6 Å². The Morgan fingerprint density at radius 3 is 2.76 bits per heavy atom. The summed E-state index contributed by atoms with van der Waals surface area (Å²) in [6.45, 7) is 0.285. The number of hydrogen-bond donors (Lipinski definition) is 3. The predicted molar refractivity (Wildman–Crippen MR) is 63.4 cm³/mol. The molecule has 0 fully saturated rings. The Hall–Kier alpha value is -1.82. The minimum atomic E-state index is -1.10. The van der Waals surface area contributed by atoms with Crippen molar-refractivity contribution in [2.24, 2.45) is 0 Å². The zero-order valence-corrected chi connectivity index (χ0v) is 9.91. The highest BCUT2D eigenvalue weighted by Crippen LogP contribution is 2.16. The third kappa shape index (κ3) is 3.92. The molecule has 0 radical (unpaired) electrons. The first-order valence-corrected chi connectivity index (χ1v) is 5.26. The van der Waals surface area contributed by atoms with Crippen molar-refractivity contribution in [2.45, 2.75) is 6.42 Å². The molecule has 6 nitrogen and oxygen atoms in total. The zero-order chi connectivity index (χ0) is 12.8. The van der Waals surface area contributed by atoms with E-state index in [1.165, 1.54) is 19.2 Å². The smallest absolute Gasteiger partial charge is 0.339 e. The van der Waals surface area contributed by atoms with Gasteiger partial charge in [0.05, 0.1) is 0 Å². The van der Waals surface area contributed by atoms with E-state index in [0.717, 1.165) is 0 Å². The number of carbonyl (C=O) groups is 2. The van der Waals surface area contributed by atoms with Gasteiger partial charge in [-0.1, -0.05) is 11.6 Å². The largest absolute Gasteiger partial charge is 0.478 e. The van der Waals surface area contributed by atoms with Gasteiger partial charge in [0, 0.05) is 20.0 Å². The molecule has 1 aromatic rings. The van der Waals surface area contributed by atoms with Crippen molar-refractivity contribution in [3.05, 3.63) is 22.8 Å². The molecule has 0 aliphatic heterocycles. The molecule has 17 heavy (non-hydrogen) atoms. The number of carboxylic acids is 1. The molecule has 1 aromatic heterocycles. The maximum atomic E-state index is 11.0. The number of carbonyl (C=O) groups excluding carboxylic acids is 1. The summed E-state index contributed by atoms with van der Waals surface area (Å²) >= 11 is 5.67. The number of amides is 1. The Balaban J connectivity index is 2.72. The van der Waals surface area contributed by atoms with Gasteiger partial charge in [-0.3, -0.25) is 4.79 Å². The number of anilines is 1. The SMILES string of the molecule is CNC(=O)CCNc1nc(Cl)ccc1C(=O)O. The Morgan fingerprint density at radius 1 is 1.47 bits per heavy atom. The molecule has 3 N–H and O–H groups in total. The topological polar surface area (TPSA) is 91.3 Å². The molecule has 1 rings (SSSR count). The van der Waals surface area contributed by atoms with Crippen LogP contribution in [0.15, 0.2) is 12.1 Å².